The van der Waals surface area contributed by atoms with Crippen molar-refractivity contribution in [3.8, 4) is 0 Å². The molecule has 4 rings (SSSR count). The molecule has 170 valence electrons. The first-order valence-electron chi connectivity index (χ1n) is 11.3. The second-order valence-electron chi connectivity index (χ2n) is 9.01. The quantitative estimate of drug-likeness (QED) is 0.727. The summed E-state index contributed by atoms with van der Waals surface area (Å²) in [7, 11) is 0. The SMILES string of the molecule is CC(C)NC(=O)CN1CCN2c3ccccc3CC(C(=O)NCc3cccc(F)c3)C2C1. The molecule has 2 unspecified atom stereocenters. The lowest BCUT2D eigenvalue weighted by atomic mass is 9.83. The van der Waals surface area contributed by atoms with Gasteiger partial charge in [-0.05, 0) is 49.6 Å². The second kappa shape index (κ2) is 9.69. The number of nitrogens with zero attached hydrogens (tertiary/aromatic N) is 2. The van der Waals surface area contributed by atoms with Gasteiger partial charge in [0, 0.05) is 37.9 Å². The number of carbonyl (C=O) groups is 2. The number of nitrogens with one attached hydrogen (secondary N) is 2. The van der Waals surface area contributed by atoms with E-state index in [1.54, 1.807) is 6.07 Å². The van der Waals surface area contributed by atoms with E-state index in [0.717, 1.165) is 18.7 Å². The van der Waals surface area contributed by atoms with Gasteiger partial charge >= 0.3 is 0 Å². The molecule has 2 aliphatic heterocycles. The minimum atomic E-state index is -0.308. The van der Waals surface area contributed by atoms with Crippen LogP contribution in [0.25, 0.3) is 0 Å². The van der Waals surface area contributed by atoms with Gasteiger partial charge in [-0.15, -0.1) is 0 Å². The van der Waals surface area contributed by atoms with E-state index in [9.17, 15) is 14.0 Å². The molecular weight excluding hydrogens is 407 g/mol. The molecule has 2 heterocycles. The minimum absolute atomic E-state index is 0.0109. The molecule has 2 N–H and O–H groups in total. The van der Waals surface area contributed by atoms with Crippen LogP contribution in [0, 0.1) is 11.7 Å². The molecule has 0 aromatic heterocycles. The number of benzene rings is 2. The summed E-state index contributed by atoms with van der Waals surface area (Å²) in [6, 6.07) is 14.6. The molecule has 0 aliphatic carbocycles. The van der Waals surface area contributed by atoms with Crippen molar-refractivity contribution in [3.63, 3.8) is 0 Å². The van der Waals surface area contributed by atoms with E-state index in [1.807, 2.05) is 32.0 Å². The summed E-state index contributed by atoms with van der Waals surface area (Å²) in [6.45, 7) is 6.72. The van der Waals surface area contributed by atoms with Crippen molar-refractivity contribution < 1.29 is 14.0 Å². The number of anilines is 1. The van der Waals surface area contributed by atoms with Crippen molar-refractivity contribution in [1.29, 1.82) is 0 Å². The normalized spacial score (nSPS) is 20.4. The molecular formula is C25H31FN4O2. The molecule has 32 heavy (non-hydrogen) atoms. The van der Waals surface area contributed by atoms with E-state index in [4.69, 9.17) is 0 Å². The number of hydrogen-bond donors (Lipinski definition) is 2. The maximum absolute atomic E-state index is 13.5. The van der Waals surface area contributed by atoms with E-state index in [2.05, 4.69) is 32.6 Å². The maximum Gasteiger partial charge on any atom is 0.234 e. The van der Waals surface area contributed by atoms with Crippen molar-refractivity contribution in [1.82, 2.24) is 15.5 Å². The number of halogens is 1. The highest BCUT2D eigenvalue weighted by molar-refractivity contribution is 5.82. The van der Waals surface area contributed by atoms with E-state index in [-0.39, 0.29) is 35.6 Å². The molecule has 0 spiro atoms. The Balaban J connectivity index is 1.49. The summed E-state index contributed by atoms with van der Waals surface area (Å²) in [5.74, 6) is -0.574. The number of rotatable bonds is 6. The van der Waals surface area contributed by atoms with Gasteiger partial charge in [0.05, 0.1) is 18.5 Å². The monoisotopic (exact) mass is 438 g/mol. The standard InChI is InChI=1S/C25H31FN4O2/c1-17(2)28-24(31)16-29-10-11-30-22-9-4-3-7-19(22)13-21(23(30)15-29)25(32)27-14-18-6-5-8-20(26)12-18/h3-9,12,17,21,23H,10-11,13-16H2,1-2H3,(H,27,32)(H,28,31). The molecule has 2 aromatic rings. The van der Waals surface area contributed by atoms with Crippen molar-refractivity contribution in [2.75, 3.05) is 31.1 Å². The third kappa shape index (κ3) is 5.10. The molecule has 2 atom stereocenters. The smallest absolute Gasteiger partial charge is 0.234 e. The van der Waals surface area contributed by atoms with Gasteiger partial charge in [0.15, 0.2) is 0 Å². The first-order valence-corrected chi connectivity index (χ1v) is 11.3. The Morgan fingerprint density at radius 3 is 2.72 bits per heavy atom. The lowest BCUT2D eigenvalue weighted by Crippen LogP contribution is -2.62. The van der Waals surface area contributed by atoms with Crippen LogP contribution in [0.5, 0.6) is 0 Å². The zero-order valence-corrected chi connectivity index (χ0v) is 18.7. The van der Waals surface area contributed by atoms with E-state index in [1.165, 1.54) is 23.4 Å². The van der Waals surface area contributed by atoms with Gasteiger partial charge in [-0.25, -0.2) is 4.39 Å². The topological polar surface area (TPSA) is 64.7 Å². The van der Waals surface area contributed by atoms with Crippen LogP contribution >= 0.6 is 0 Å². The number of piperazine rings is 1. The first kappa shape index (κ1) is 22.3. The van der Waals surface area contributed by atoms with Crippen molar-refractivity contribution in [2.24, 2.45) is 5.92 Å². The van der Waals surface area contributed by atoms with Gasteiger partial charge < -0.3 is 15.5 Å². The van der Waals surface area contributed by atoms with Crippen LogP contribution in [-0.2, 0) is 22.6 Å². The zero-order valence-electron chi connectivity index (χ0n) is 18.7. The molecule has 6 nitrogen and oxygen atoms in total. The van der Waals surface area contributed by atoms with Crippen LogP contribution < -0.4 is 15.5 Å². The van der Waals surface area contributed by atoms with Gasteiger partial charge in [0.2, 0.25) is 11.8 Å². The Hall–Kier alpha value is -2.93. The number of hydrogen-bond acceptors (Lipinski definition) is 4. The van der Waals surface area contributed by atoms with E-state index < -0.39 is 0 Å². The third-order valence-corrected chi connectivity index (χ3v) is 6.22. The fourth-order valence-electron chi connectivity index (χ4n) is 4.80. The average Bonchev–Trinajstić information content (AvgIpc) is 2.76. The zero-order chi connectivity index (χ0) is 22.7. The Labute approximate surface area is 188 Å². The second-order valence-corrected chi connectivity index (χ2v) is 9.01. The van der Waals surface area contributed by atoms with Crippen LogP contribution in [0.15, 0.2) is 48.5 Å². The van der Waals surface area contributed by atoms with Crippen LogP contribution in [0.4, 0.5) is 10.1 Å². The van der Waals surface area contributed by atoms with Gasteiger partial charge in [-0.1, -0.05) is 30.3 Å². The average molecular weight is 439 g/mol. The molecule has 1 fully saturated rings. The summed E-state index contributed by atoms with van der Waals surface area (Å²) in [6.07, 6.45) is 0.651. The number of carbonyl (C=O) groups excluding carboxylic acids is 2. The van der Waals surface area contributed by atoms with Gasteiger partial charge in [0.1, 0.15) is 5.82 Å². The Kier molecular flexibility index (Phi) is 6.74. The molecule has 0 bridgehead atoms. The summed E-state index contributed by atoms with van der Waals surface area (Å²) in [5, 5.41) is 5.96. The van der Waals surface area contributed by atoms with Crippen molar-refractivity contribution >= 4 is 17.5 Å². The largest absolute Gasteiger partial charge is 0.365 e. The van der Waals surface area contributed by atoms with Crippen molar-refractivity contribution in [3.05, 3.63) is 65.5 Å². The van der Waals surface area contributed by atoms with Crippen LogP contribution in [0.2, 0.25) is 0 Å². The highest BCUT2D eigenvalue weighted by atomic mass is 19.1. The Morgan fingerprint density at radius 1 is 1.12 bits per heavy atom. The summed E-state index contributed by atoms with van der Waals surface area (Å²) in [5.41, 5.74) is 3.08. The van der Waals surface area contributed by atoms with Gasteiger partial charge in [-0.2, -0.15) is 0 Å². The molecule has 7 heteroatoms. The summed E-state index contributed by atoms with van der Waals surface area (Å²) >= 11 is 0. The van der Waals surface area contributed by atoms with Crippen LogP contribution in [-0.4, -0.2) is 55.0 Å². The fraction of sp³-hybridized carbons (Fsp3) is 0.440. The van der Waals surface area contributed by atoms with Gasteiger partial charge in [0.25, 0.3) is 0 Å². The molecule has 1 saturated heterocycles. The fourth-order valence-corrected chi connectivity index (χ4v) is 4.80. The molecule has 2 aliphatic rings. The minimum Gasteiger partial charge on any atom is -0.365 e. The summed E-state index contributed by atoms with van der Waals surface area (Å²) in [4.78, 5) is 30.0. The third-order valence-electron chi connectivity index (χ3n) is 6.22. The lowest BCUT2D eigenvalue weighted by Gasteiger charge is -2.49. The highest BCUT2D eigenvalue weighted by Gasteiger charge is 2.41. The predicted molar refractivity (Wildman–Crippen MR) is 123 cm³/mol. The number of fused-ring (bicyclic) bond motifs is 3. The molecule has 0 radical (unpaired) electrons. The molecule has 2 aromatic carbocycles. The van der Waals surface area contributed by atoms with Crippen molar-refractivity contribution in [2.45, 2.75) is 38.9 Å². The van der Waals surface area contributed by atoms with Crippen LogP contribution in [0.1, 0.15) is 25.0 Å². The highest BCUT2D eigenvalue weighted by Crippen LogP contribution is 2.36. The van der Waals surface area contributed by atoms with E-state index in [0.29, 0.717) is 26.1 Å². The number of amides is 2. The predicted octanol–water partition coefficient (Wildman–Crippen LogP) is 2.33. The number of para-hydroxylation sites is 1. The van der Waals surface area contributed by atoms with E-state index >= 15 is 0 Å². The Morgan fingerprint density at radius 2 is 1.94 bits per heavy atom. The summed E-state index contributed by atoms with van der Waals surface area (Å²) < 4.78 is 13.5. The molecule has 2 amide bonds. The first-order chi connectivity index (χ1) is 15.4. The van der Waals surface area contributed by atoms with Gasteiger partial charge in [-0.3, -0.25) is 14.5 Å². The molecule has 0 saturated carbocycles. The maximum atomic E-state index is 13.5. The Bertz CT molecular complexity index is 980. The van der Waals surface area contributed by atoms with Crippen LogP contribution in [0.3, 0.4) is 0 Å². The lowest BCUT2D eigenvalue weighted by molar-refractivity contribution is -0.126.